The topological polar surface area (TPSA) is 38.0 Å². The monoisotopic (exact) mass is 150 g/mol. The summed E-state index contributed by atoms with van der Waals surface area (Å²) in [6, 6.07) is 0.454. The van der Waals surface area contributed by atoms with Gasteiger partial charge in [-0.1, -0.05) is 25.7 Å². The lowest BCUT2D eigenvalue weighted by atomic mass is 10.0. The van der Waals surface area contributed by atoms with Crippen molar-refractivity contribution in [2.45, 2.75) is 31.7 Å². The van der Waals surface area contributed by atoms with Crippen molar-refractivity contribution in [2.24, 2.45) is 5.73 Å². The first-order valence-corrected chi connectivity index (χ1v) is 3.86. The summed E-state index contributed by atoms with van der Waals surface area (Å²) in [6.07, 6.45) is 6.00. The van der Waals surface area contributed by atoms with Gasteiger partial charge in [-0.15, -0.1) is 0 Å². The summed E-state index contributed by atoms with van der Waals surface area (Å²) in [5.41, 5.74) is 5.32. The van der Waals surface area contributed by atoms with Crippen LogP contribution in [-0.4, -0.2) is 19.1 Å². The zero-order chi connectivity index (χ0) is 6.53. The minimum Gasteiger partial charge on any atom is -0.326 e. The van der Waals surface area contributed by atoms with Gasteiger partial charge in [-0.25, -0.2) is 0 Å². The number of halogens is 1. The molecule has 0 unspecified atom stereocenters. The number of hydrogen-bond donors (Lipinski definition) is 2. The molecule has 2 aliphatic rings. The second-order valence-corrected chi connectivity index (χ2v) is 2.83. The molecule has 3 N–H and O–H groups in total. The Morgan fingerprint density at radius 3 is 1.40 bits per heavy atom. The maximum absolute atomic E-state index is 5.32. The Kier molecular flexibility index (Phi) is 5.54. The third-order valence-corrected chi connectivity index (χ3v) is 1.81. The van der Waals surface area contributed by atoms with Crippen molar-refractivity contribution < 1.29 is 6.13 Å². The first-order chi connectivity index (χ1) is 4.39. The largest absolute Gasteiger partial charge is 0.326 e. The van der Waals surface area contributed by atoms with Gasteiger partial charge < -0.3 is 11.1 Å². The van der Waals surface area contributed by atoms with E-state index in [2.05, 4.69) is 5.32 Å². The molecule has 1 saturated heterocycles. The van der Waals surface area contributed by atoms with E-state index in [1.807, 2.05) is 0 Å². The standard InChI is InChI=1S/C4H8.C3H8N2.FH.H2/c1-2-4-3-1;4-3-1-5-2-3;;/h1-4H2;3,5H,1-2,4H2;2*1H. The van der Waals surface area contributed by atoms with E-state index in [0.29, 0.717) is 6.04 Å². The molecule has 0 spiro atoms. The maximum atomic E-state index is 5.32. The lowest BCUT2D eigenvalue weighted by molar-refractivity contribution is 0.445. The molecule has 0 bridgehead atoms. The highest BCUT2D eigenvalue weighted by Gasteiger charge is 2.08. The molecule has 0 aromatic carbocycles. The summed E-state index contributed by atoms with van der Waals surface area (Å²) in [5.74, 6) is 0. The molecule has 0 atom stereocenters. The highest BCUT2D eigenvalue weighted by atomic mass is 19.0. The van der Waals surface area contributed by atoms with E-state index >= 15 is 0 Å². The van der Waals surface area contributed by atoms with Crippen LogP contribution in [0.2, 0.25) is 0 Å². The van der Waals surface area contributed by atoms with Crippen LogP contribution in [0.1, 0.15) is 27.1 Å². The molecule has 0 amide bonds. The molecule has 0 radical (unpaired) electrons. The average molecular weight is 150 g/mol. The summed E-state index contributed by atoms with van der Waals surface area (Å²) in [7, 11) is 0. The summed E-state index contributed by atoms with van der Waals surface area (Å²) < 4.78 is 0. The lowest BCUT2D eigenvalue weighted by Crippen LogP contribution is -2.52. The fourth-order valence-corrected chi connectivity index (χ4v) is 0.561. The van der Waals surface area contributed by atoms with Gasteiger partial charge in [0.1, 0.15) is 0 Å². The van der Waals surface area contributed by atoms with Crippen LogP contribution in [0.3, 0.4) is 0 Å². The van der Waals surface area contributed by atoms with Gasteiger partial charge in [0.2, 0.25) is 0 Å². The molecule has 1 aliphatic carbocycles. The average Bonchev–Trinajstić information content (AvgIpc) is 1.56. The summed E-state index contributed by atoms with van der Waals surface area (Å²) in [5, 5.41) is 3.04. The number of nitrogens with two attached hydrogens (primary N) is 1. The van der Waals surface area contributed by atoms with E-state index in [1.165, 1.54) is 25.7 Å². The molecule has 1 heterocycles. The van der Waals surface area contributed by atoms with Crippen molar-refractivity contribution in [3.63, 3.8) is 0 Å². The van der Waals surface area contributed by atoms with Crippen molar-refractivity contribution >= 4 is 0 Å². The van der Waals surface area contributed by atoms with E-state index < -0.39 is 0 Å². The van der Waals surface area contributed by atoms with Gasteiger partial charge in [-0.3, -0.25) is 4.70 Å². The number of hydrogen-bond acceptors (Lipinski definition) is 2. The van der Waals surface area contributed by atoms with E-state index in [1.54, 1.807) is 0 Å². The normalized spacial score (nSPS) is 22.5. The fourth-order valence-electron chi connectivity index (χ4n) is 0.561. The zero-order valence-corrected chi connectivity index (χ0v) is 6.31. The van der Waals surface area contributed by atoms with Crippen LogP contribution in [0.4, 0.5) is 4.70 Å². The van der Waals surface area contributed by atoms with E-state index in [4.69, 9.17) is 5.73 Å². The van der Waals surface area contributed by atoms with Gasteiger partial charge in [0, 0.05) is 20.6 Å². The summed E-state index contributed by atoms with van der Waals surface area (Å²) in [4.78, 5) is 0. The SMILES string of the molecule is C1CCC1.F.NC1CNC1.[HH]. The van der Waals surface area contributed by atoms with Crippen LogP contribution in [-0.2, 0) is 0 Å². The first-order valence-electron chi connectivity index (χ1n) is 3.86. The first kappa shape index (κ1) is 9.85. The highest BCUT2D eigenvalue weighted by Crippen LogP contribution is 2.15. The number of nitrogens with one attached hydrogen (secondary N) is 1. The van der Waals surface area contributed by atoms with Gasteiger partial charge in [0.15, 0.2) is 0 Å². The van der Waals surface area contributed by atoms with Gasteiger partial charge in [0.25, 0.3) is 0 Å². The second-order valence-electron chi connectivity index (χ2n) is 2.83. The third kappa shape index (κ3) is 3.80. The van der Waals surface area contributed by atoms with Crippen molar-refractivity contribution in [3.8, 4) is 0 Å². The predicted molar refractivity (Wildman–Crippen MR) is 43.9 cm³/mol. The maximum Gasteiger partial charge on any atom is 0.0292 e. The van der Waals surface area contributed by atoms with Crippen molar-refractivity contribution in [3.05, 3.63) is 0 Å². The zero-order valence-electron chi connectivity index (χ0n) is 6.31. The number of rotatable bonds is 0. The second kappa shape index (κ2) is 5.62. The molecule has 2 fully saturated rings. The quantitative estimate of drug-likeness (QED) is 0.538. The molecule has 3 heteroatoms. The van der Waals surface area contributed by atoms with Crippen molar-refractivity contribution in [2.75, 3.05) is 13.1 Å². The van der Waals surface area contributed by atoms with Crippen molar-refractivity contribution in [1.29, 1.82) is 0 Å². The van der Waals surface area contributed by atoms with E-state index in [-0.39, 0.29) is 6.13 Å². The van der Waals surface area contributed by atoms with Crippen LogP contribution in [0.15, 0.2) is 0 Å². The minimum atomic E-state index is 0. The van der Waals surface area contributed by atoms with Gasteiger partial charge in [-0.05, 0) is 0 Å². The van der Waals surface area contributed by atoms with Crippen LogP contribution >= 0.6 is 0 Å². The molecule has 1 saturated carbocycles. The molecule has 64 valence electrons. The Balaban J connectivity index is 0. The highest BCUT2D eigenvalue weighted by molar-refractivity contribution is 4.76. The van der Waals surface area contributed by atoms with Gasteiger partial charge in [-0.2, -0.15) is 0 Å². The molecule has 2 rings (SSSR count). The van der Waals surface area contributed by atoms with Crippen LogP contribution < -0.4 is 11.1 Å². The summed E-state index contributed by atoms with van der Waals surface area (Å²) in [6.45, 7) is 2.03. The predicted octanol–water partition coefficient (Wildman–Crippen LogP) is 0.876. The molecular weight excluding hydrogens is 131 g/mol. The van der Waals surface area contributed by atoms with E-state index in [9.17, 15) is 0 Å². The minimum absolute atomic E-state index is 0. The Labute approximate surface area is 63.0 Å². The van der Waals surface area contributed by atoms with Crippen molar-refractivity contribution in [1.82, 2.24) is 5.32 Å². The molecular formula is C7H19FN2. The Hall–Kier alpha value is -0.150. The molecule has 0 aromatic rings. The molecule has 2 nitrogen and oxygen atoms in total. The smallest absolute Gasteiger partial charge is 0.0292 e. The van der Waals surface area contributed by atoms with E-state index in [0.717, 1.165) is 13.1 Å². The van der Waals surface area contributed by atoms with Crippen LogP contribution in [0, 0.1) is 0 Å². The van der Waals surface area contributed by atoms with Crippen LogP contribution in [0.5, 0.6) is 0 Å². The van der Waals surface area contributed by atoms with Gasteiger partial charge >= 0.3 is 0 Å². The third-order valence-electron chi connectivity index (χ3n) is 1.81. The summed E-state index contributed by atoms with van der Waals surface area (Å²) >= 11 is 0. The van der Waals surface area contributed by atoms with Crippen LogP contribution in [0.25, 0.3) is 0 Å². The Morgan fingerprint density at radius 2 is 1.40 bits per heavy atom. The fraction of sp³-hybridized carbons (Fsp3) is 1.00. The molecule has 0 aromatic heterocycles. The Morgan fingerprint density at radius 1 is 1.10 bits per heavy atom. The Bertz CT molecular complexity index is 70.8. The molecule has 1 aliphatic heterocycles. The van der Waals surface area contributed by atoms with Gasteiger partial charge in [0.05, 0.1) is 0 Å². The lowest BCUT2D eigenvalue weighted by Gasteiger charge is -2.21. The molecule has 10 heavy (non-hydrogen) atoms.